The van der Waals surface area contributed by atoms with E-state index in [1.807, 2.05) is 0 Å². The highest BCUT2D eigenvalue weighted by Gasteiger charge is 2.54. The van der Waals surface area contributed by atoms with Crippen LogP contribution in [-0.4, -0.2) is 0 Å². The molecule has 2 heteroatoms. The number of rotatable bonds is 3. The lowest BCUT2D eigenvalue weighted by Gasteiger charge is -2.40. The van der Waals surface area contributed by atoms with Crippen molar-refractivity contribution < 1.29 is 4.74 Å². The molecule has 0 fully saturated rings. The van der Waals surface area contributed by atoms with Crippen LogP contribution >= 0.6 is 0 Å². The van der Waals surface area contributed by atoms with E-state index in [0.29, 0.717) is 0 Å². The first-order valence-electron chi connectivity index (χ1n) is 23.0. The summed E-state index contributed by atoms with van der Waals surface area (Å²) in [5, 5.41) is 4.55. The standard InChI is InChI=1S/C64H39NO/c1-2-19-42(20-3-1)65(43-35-36-49-48-25-10-14-29-53(48)63(58(49)39-43)51-27-12-8-23-46(51)47-24-9-13-28-52(47)63)59-32-16-31-55-60(59)50-26-11-15-30-54(50)64(55)56-37-33-40-17-4-6-21-44(40)61(56)66-62-45-22-7-5-18-41(45)34-38-57(62)64/h1-39H. The van der Waals surface area contributed by atoms with Gasteiger partial charge in [0.2, 0.25) is 0 Å². The van der Waals surface area contributed by atoms with Gasteiger partial charge in [-0.05, 0) is 102 Å². The minimum absolute atomic E-state index is 0.464. The number of nitrogens with zero attached hydrogens (tertiary/aromatic N) is 1. The second-order valence-electron chi connectivity index (χ2n) is 18.2. The maximum atomic E-state index is 7.29. The third-order valence-electron chi connectivity index (χ3n) is 15.3. The minimum Gasteiger partial charge on any atom is -0.455 e. The molecule has 1 aliphatic heterocycles. The molecule has 0 radical (unpaired) electrons. The van der Waals surface area contributed by atoms with Crippen LogP contribution in [0.1, 0.15) is 44.5 Å². The minimum atomic E-state index is -0.665. The summed E-state index contributed by atoms with van der Waals surface area (Å²) in [4.78, 5) is 2.51. The SMILES string of the molecule is c1ccc(N(c2ccc3c(c2)C2(c4ccccc4-c4ccccc42)c2ccccc2-3)c2cccc3c2-c2ccccc2C32c3ccc4ccccc4c3Oc3c2ccc2ccccc32)cc1. The molecule has 0 aromatic heterocycles. The van der Waals surface area contributed by atoms with Crippen LogP contribution in [0.15, 0.2) is 237 Å². The molecule has 0 saturated heterocycles. The molecular formula is C64H39NO. The van der Waals surface area contributed by atoms with E-state index in [-0.39, 0.29) is 0 Å². The van der Waals surface area contributed by atoms with Crippen molar-refractivity contribution in [2.75, 3.05) is 4.90 Å². The Morgan fingerprint density at radius 2 is 0.742 bits per heavy atom. The van der Waals surface area contributed by atoms with Crippen molar-refractivity contribution in [2.24, 2.45) is 0 Å². The van der Waals surface area contributed by atoms with Gasteiger partial charge in [0, 0.05) is 38.8 Å². The van der Waals surface area contributed by atoms with Gasteiger partial charge in [-0.15, -0.1) is 0 Å². The van der Waals surface area contributed by atoms with Gasteiger partial charge in [0.15, 0.2) is 0 Å². The fourth-order valence-electron chi connectivity index (χ4n) is 12.8. The van der Waals surface area contributed by atoms with Crippen molar-refractivity contribution >= 4 is 38.6 Å². The van der Waals surface area contributed by atoms with Gasteiger partial charge < -0.3 is 9.64 Å². The van der Waals surface area contributed by atoms with Crippen molar-refractivity contribution in [3.63, 3.8) is 0 Å². The Morgan fingerprint density at radius 3 is 1.33 bits per heavy atom. The quantitative estimate of drug-likeness (QED) is 0.176. The molecule has 0 saturated carbocycles. The zero-order chi connectivity index (χ0) is 43.1. The summed E-state index contributed by atoms with van der Waals surface area (Å²) in [6.45, 7) is 0. The molecule has 0 bridgehead atoms. The Hall–Kier alpha value is -8.46. The number of benzene rings is 11. The second kappa shape index (κ2) is 13.1. The smallest absolute Gasteiger partial charge is 0.140 e. The molecule has 4 aliphatic rings. The summed E-state index contributed by atoms with van der Waals surface area (Å²) < 4.78 is 7.29. The second-order valence-corrected chi connectivity index (χ2v) is 18.2. The van der Waals surface area contributed by atoms with Crippen molar-refractivity contribution in [1.82, 2.24) is 0 Å². The number of hydrogen-bond acceptors (Lipinski definition) is 2. The molecule has 11 aromatic rings. The van der Waals surface area contributed by atoms with Crippen LogP contribution in [0.25, 0.3) is 54.9 Å². The lowest BCUT2D eigenvalue weighted by molar-refractivity contribution is 0.447. The van der Waals surface area contributed by atoms with Crippen LogP contribution in [0.3, 0.4) is 0 Å². The fraction of sp³-hybridized carbons (Fsp3) is 0.0312. The van der Waals surface area contributed by atoms with E-state index in [0.717, 1.165) is 61.2 Å². The molecule has 2 spiro atoms. The molecule has 1 heterocycles. The van der Waals surface area contributed by atoms with Crippen LogP contribution in [-0.2, 0) is 10.8 Å². The van der Waals surface area contributed by atoms with Gasteiger partial charge in [-0.25, -0.2) is 0 Å². The molecule has 2 nitrogen and oxygen atoms in total. The number of ether oxygens (including phenoxy) is 1. The number of para-hydroxylation sites is 1. The Morgan fingerprint density at radius 1 is 0.288 bits per heavy atom. The molecule has 0 N–H and O–H groups in total. The number of fused-ring (bicyclic) bond motifs is 23. The molecule has 0 unspecified atom stereocenters. The molecule has 0 atom stereocenters. The predicted molar refractivity (Wildman–Crippen MR) is 270 cm³/mol. The Labute approximate surface area is 383 Å². The van der Waals surface area contributed by atoms with E-state index in [9.17, 15) is 0 Å². The topological polar surface area (TPSA) is 12.5 Å². The molecule has 11 aromatic carbocycles. The molecule has 66 heavy (non-hydrogen) atoms. The molecule has 3 aliphatic carbocycles. The Balaban J connectivity index is 1.04. The average Bonchev–Trinajstić information content (AvgIpc) is 3.97. The first-order valence-corrected chi connectivity index (χ1v) is 23.0. The van der Waals surface area contributed by atoms with E-state index in [1.165, 1.54) is 66.8 Å². The van der Waals surface area contributed by atoms with Crippen LogP contribution in [0.4, 0.5) is 17.1 Å². The lowest BCUT2D eigenvalue weighted by Crippen LogP contribution is -2.32. The summed E-state index contributed by atoms with van der Waals surface area (Å²) in [5.74, 6) is 1.84. The van der Waals surface area contributed by atoms with Gasteiger partial charge in [-0.2, -0.15) is 0 Å². The van der Waals surface area contributed by atoms with Crippen LogP contribution in [0, 0.1) is 0 Å². The Kier molecular flexibility index (Phi) is 7.11. The molecule has 15 rings (SSSR count). The summed E-state index contributed by atoms with van der Waals surface area (Å²) in [5.41, 5.74) is 20.1. The van der Waals surface area contributed by atoms with Gasteiger partial charge in [-0.1, -0.05) is 206 Å². The van der Waals surface area contributed by atoms with Gasteiger partial charge in [0.25, 0.3) is 0 Å². The number of hydrogen-bond donors (Lipinski definition) is 0. The summed E-state index contributed by atoms with van der Waals surface area (Å²) >= 11 is 0. The fourth-order valence-corrected chi connectivity index (χ4v) is 12.8. The molecule has 306 valence electrons. The predicted octanol–water partition coefficient (Wildman–Crippen LogP) is 16.3. The van der Waals surface area contributed by atoms with E-state index in [1.54, 1.807) is 0 Å². The highest BCUT2D eigenvalue weighted by molar-refractivity contribution is 6.04. The maximum Gasteiger partial charge on any atom is 0.140 e. The summed E-state index contributed by atoms with van der Waals surface area (Å²) in [6, 6.07) is 88.1. The van der Waals surface area contributed by atoms with Crippen molar-refractivity contribution in [3.05, 3.63) is 281 Å². The zero-order valence-corrected chi connectivity index (χ0v) is 35.9. The van der Waals surface area contributed by atoms with E-state index in [2.05, 4.69) is 241 Å². The third kappa shape index (κ3) is 4.37. The van der Waals surface area contributed by atoms with Crippen molar-refractivity contribution in [3.8, 4) is 44.9 Å². The van der Waals surface area contributed by atoms with Crippen LogP contribution in [0.2, 0.25) is 0 Å². The molecular weight excluding hydrogens is 799 g/mol. The van der Waals surface area contributed by atoms with Crippen molar-refractivity contribution in [2.45, 2.75) is 10.8 Å². The van der Waals surface area contributed by atoms with E-state index >= 15 is 0 Å². The maximum absolute atomic E-state index is 7.29. The zero-order valence-electron chi connectivity index (χ0n) is 35.9. The van der Waals surface area contributed by atoms with E-state index in [4.69, 9.17) is 4.74 Å². The summed E-state index contributed by atoms with van der Waals surface area (Å²) in [7, 11) is 0. The first-order chi connectivity index (χ1) is 32.8. The normalized spacial score (nSPS) is 14.4. The van der Waals surface area contributed by atoms with Crippen LogP contribution < -0.4 is 9.64 Å². The van der Waals surface area contributed by atoms with Gasteiger partial charge in [0.1, 0.15) is 11.5 Å². The highest BCUT2D eigenvalue weighted by atomic mass is 16.5. The van der Waals surface area contributed by atoms with Gasteiger partial charge in [-0.3, -0.25) is 0 Å². The third-order valence-corrected chi connectivity index (χ3v) is 15.3. The average molecular weight is 838 g/mol. The van der Waals surface area contributed by atoms with Gasteiger partial charge >= 0.3 is 0 Å². The monoisotopic (exact) mass is 837 g/mol. The lowest BCUT2D eigenvalue weighted by atomic mass is 9.65. The van der Waals surface area contributed by atoms with Crippen molar-refractivity contribution in [1.29, 1.82) is 0 Å². The summed E-state index contributed by atoms with van der Waals surface area (Å²) in [6.07, 6.45) is 0. The first kappa shape index (κ1) is 35.9. The van der Waals surface area contributed by atoms with Gasteiger partial charge in [0.05, 0.1) is 16.5 Å². The van der Waals surface area contributed by atoms with E-state index < -0.39 is 10.8 Å². The highest BCUT2D eigenvalue weighted by Crippen LogP contribution is 2.67. The number of anilines is 3. The largest absolute Gasteiger partial charge is 0.455 e. The molecule has 0 amide bonds. The van der Waals surface area contributed by atoms with Crippen LogP contribution in [0.5, 0.6) is 11.5 Å². The Bertz CT molecular complexity index is 3730.